The van der Waals surface area contributed by atoms with Crippen LogP contribution >= 0.6 is 0 Å². The third-order valence-electron chi connectivity index (χ3n) is 3.61. The summed E-state index contributed by atoms with van der Waals surface area (Å²) in [6.45, 7) is 7.19. The third-order valence-corrected chi connectivity index (χ3v) is 3.61. The lowest BCUT2D eigenvalue weighted by molar-refractivity contribution is -0.138. The molecular formula is C14H26N2O3. The van der Waals surface area contributed by atoms with Gasteiger partial charge in [0.05, 0.1) is 0 Å². The maximum atomic E-state index is 12.5. The maximum Gasteiger partial charge on any atom is 0.323 e. The fourth-order valence-corrected chi connectivity index (χ4v) is 2.11. The first-order valence-electron chi connectivity index (χ1n) is 7.26. The molecule has 0 spiro atoms. The first kappa shape index (κ1) is 15.8. The molecule has 0 saturated heterocycles. The predicted molar refractivity (Wildman–Crippen MR) is 74.1 cm³/mol. The van der Waals surface area contributed by atoms with Crippen molar-refractivity contribution in [3.63, 3.8) is 0 Å². The summed E-state index contributed by atoms with van der Waals surface area (Å²) in [5.41, 5.74) is 0. The molecule has 5 heteroatoms. The lowest BCUT2D eigenvalue weighted by atomic mass is 10.2. The smallest absolute Gasteiger partial charge is 0.323 e. The van der Waals surface area contributed by atoms with Crippen molar-refractivity contribution in [2.45, 2.75) is 52.5 Å². The normalized spacial score (nSPS) is 15.9. The summed E-state index contributed by atoms with van der Waals surface area (Å²) >= 11 is 0. The molecule has 0 aliphatic heterocycles. The van der Waals surface area contributed by atoms with Crippen LogP contribution in [0.5, 0.6) is 0 Å². The summed E-state index contributed by atoms with van der Waals surface area (Å²) in [7, 11) is 0. The van der Waals surface area contributed by atoms with E-state index in [1.165, 1.54) is 17.7 Å². The zero-order chi connectivity index (χ0) is 14.4. The summed E-state index contributed by atoms with van der Waals surface area (Å²) < 4.78 is 0. The fourth-order valence-electron chi connectivity index (χ4n) is 2.11. The number of carbonyl (C=O) groups is 2. The SMILES string of the molecule is CCCN(CC1CC1)C(=O)N(CC(=O)O)C(C)CC. The molecule has 0 heterocycles. The van der Waals surface area contributed by atoms with Gasteiger partial charge in [-0.15, -0.1) is 0 Å². The number of carboxylic acid groups (broad SMARTS) is 1. The van der Waals surface area contributed by atoms with Gasteiger partial charge in [-0.3, -0.25) is 4.79 Å². The van der Waals surface area contributed by atoms with Gasteiger partial charge in [0.1, 0.15) is 6.54 Å². The van der Waals surface area contributed by atoms with E-state index in [0.717, 1.165) is 19.4 Å². The van der Waals surface area contributed by atoms with Crippen LogP contribution in [0, 0.1) is 5.92 Å². The summed E-state index contributed by atoms with van der Waals surface area (Å²) in [6, 6.07) is -0.160. The van der Waals surface area contributed by atoms with Gasteiger partial charge in [0.25, 0.3) is 0 Å². The molecule has 1 fully saturated rings. The second kappa shape index (κ2) is 7.36. The van der Waals surface area contributed by atoms with Crippen LogP contribution < -0.4 is 0 Å². The van der Waals surface area contributed by atoms with Crippen LogP contribution in [0.4, 0.5) is 4.79 Å². The molecule has 0 aromatic carbocycles. The average molecular weight is 270 g/mol. The topological polar surface area (TPSA) is 60.9 Å². The molecule has 1 N–H and O–H groups in total. The zero-order valence-electron chi connectivity index (χ0n) is 12.3. The van der Waals surface area contributed by atoms with E-state index in [2.05, 4.69) is 0 Å². The summed E-state index contributed by atoms with van der Waals surface area (Å²) in [5, 5.41) is 8.97. The number of urea groups is 1. The predicted octanol–water partition coefficient (Wildman–Crippen LogP) is 2.41. The largest absolute Gasteiger partial charge is 0.480 e. The molecule has 1 atom stereocenters. The van der Waals surface area contributed by atoms with Crippen LogP contribution in [0.2, 0.25) is 0 Å². The lowest BCUT2D eigenvalue weighted by Gasteiger charge is -2.33. The number of rotatable bonds is 8. The quantitative estimate of drug-likeness (QED) is 0.736. The number of hydrogen-bond acceptors (Lipinski definition) is 2. The van der Waals surface area contributed by atoms with Crippen molar-refractivity contribution >= 4 is 12.0 Å². The van der Waals surface area contributed by atoms with Crippen molar-refractivity contribution in [1.82, 2.24) is 9.80 Å². The standard InChI is InChI=1S/C14H26N2O3/c1-4-8-15(9-12-6-7-12)14(19)16(10-13(17)18)11(3)5-2/h11-12H,4-10H2,1-3H3,(H,17,18). The van der Waals surface area contributed by atoms with Gasteiger partial charge in [-0.2, -0.15) is 0 Å². The minimum atomic E-state index is -0.948. The van der Waals surface area contributed by atoms with E-state index >= 15 is 0 Å². The van der Waals surface area contributed by atoms with Crippen LogP contribution in [0.15, 0.2) is 0 Å². The second-order valence-corrected chi connectivity index (χ2v) is 5.45. The summed E-state index contributed by atoms with van der Waals surface area (Å²) in [6.07, 6.45) is 4.05. The number of carbonyl (C=O) groups excluding carboxylic acids is 1. The van der Waals surface area contributed by atoms with Crippen molar-refractivity contribution < 1.29 is 14.7 Å². The Hall–Kier alpha value is -1.26. The van der Waals surface area contributed by atoms with Crippen molar-refractivity contribution in [3.05, 3.63) is 0 Å². The molecule has 1 aliphatic rings. The van der Waals surface area contributed by atoms with E-state index in [9.17, 15) is 9.59 Å². The van der Waals surface area contributed by atoms with Gasteiger partial charge >= 0.3 is 12.0 Å². The highest BCUT2D eigenvalue weighted by Gasteiger charge is 2.30. The highest BCUT2D eigenvalue weighted by atomic mass is 16.4. The van der Waals surface area contributed by atoms with E-state index < -0.39 is 5.97 Å². The van der Waals surface area contributed by atoms with E-state index in [-0.39, 0.29) is 18.6 Å². The molecule has 1 rings (SSSR count). The Balaban J connectivity index is 2.71. The zero-order valence-corrected chi connectivity index (χ0v) is 12.3. The minimum Gasteiger partial charge on any atom is -0.480 e. The lowest BCUT2D eigenvalue weighted by Crippen LogP contribution is -2.50. The molecule has 1 unspecified atom stereocenters. The molecule has 2 amide bonds. The Labute approximate surface area is 115 Å². The van der Waals surface area contributed by atoms with Gasteiger partial charge in [-0.1, -0.05) is 13.8 Å². The summed E-state index contributed by atoms with van der Waals surface area (Å²) in [5.74, 6) is -0.323. The fraction of sp³-hybridized carbons (Fsp3) is 0.857. The monoisotopic (exact) mass is 270 g/mol. The Bertz CT molecular complexity index is 316. The second-order valence-electron chi connectivity index (χ2n) is 5.45. The molecule has 0 bridgehead atoms. The van der Waals surface area contributed by atoms with Crippen molar-refractivity contribution in [1.29, 1.82) is 0 Å². The molecule has 0 aromatic heterocycles. The average Bonchev–Trinajstić information content (AvgIpc) is 3.17. The Morgan fingerprint density at radius 1 is 1.32 bits per heavy atom. The molecule has 5 nitrogen and oxygen atoms in total. The third kappa shape index (κ3) is 5.09. The van der Waals surface area contributed by atoms with E-state index in [4.69, 9.17) is 5.11 Å². The molecule has 0 radical (unpaired) electrons. The van der Waals surface area contributed by atoms with Gasteiger partial charge in [0.15, 0.2) is 0 Å². The molecule has 0 aromatic rings. The number of hydrogen-bond donors (Lipinski definition) is 1. The Morgan fingerprint density at radius 3 is 2.37 bits per heavy atom. The number of carboxylic acids is 1. The number of amides is 2. The van der Waals surface area contributed by atoms with Crippen LogP contribution in [0.3, 0.4) is 0 Å². The molecular weight excluding hydrogens is 244 g/mol. The minimum absolute atomic E-state index is 0.0397. The number of aliphatic carboxylic acids is 1. The summed E-state index contributed by atoms with van der Waals surface area (Å²) in [4.78, 5) is 26.8. The van der Waals surface area contributed by atoms with Gasteiger partial charge in [0, 0.05) is 19.1 Å². The Morgan fingerprint density at radius 2 is 1.95 bits per heavy atom. The first-order chi connectivity index (χ1) is 8.99. The van der Waals surface area contributed by atoms with Crippen LogP contribution in [-0.2, 0) is 4.79 Å². The van der Waals surface area contributed by atoms with Gasteiger partial charge < -0.3 is 14.9 Å². The molecule has 1 aliphatic carbocycles. The van der Waals surface area contributed by atoms with E-state index in [1.807, 2.05) is 25.7 Å². The van der Waals surface area contributed by atoms with Gasteiger partial charge in [0.2, 0.25) is 0 Å². The van der Waals surface area contributed by atoms with Crippen molar-refractivity contribution in [2.24, 2.45) is 5.92 Å². The first-order valence-corrected chi connectivity index (χ1v) is 7.26. The Kier molecular flexibility index (Phi) is 6.12. The van der Waals surface area contributed by atoms with Crippen LogP contribution in [0.25, 0.3) is 0 Å². The van der Waals surface area contributed by atoms with Crippen LogP contribution in [-0.4, -0.2) is 52.6 Å². The molecule has 1 saturated carbocycles. The van der Waals surface area contributed by atoms with Crippen molar-refractivity contribution in [2.75, 3.05) is 19.6 Å². The molecule has 19 heavy (non-hydrogen) atoms. The maximum absolute atomic E-state index is 12.5. The van der Waals surface area contributed by atoms with Gasteiger partial charge in [-0.25, -0.2) is 4.79 Å². The van der Waals surface area contributed by atoms with Crippen molar-refractivity contribution in [3.8, 4) is 0 Å². The highest BCUT2D eigenvalue weighted by Crippen LogP contribution is 2.30. The van der Waals surface area contributed by atoms with E-state index in [0.29, 0.717) is 12.5 Å². The van der Waals surface area contributed by atoms with Gasteiger partial charge in [-0.05, 0) is 38.5 Å². The van der Waals surface area contributed by atoms with Crippen LogP contribution in [0.1, 0.15) is 46.5 Å². The van der Waals surface area contributed by atoms with E-state index in [1.54, 1.807) is 0 Å². The number of nitrogens with zero attached hydrogens (tertiary/aromatic N) is 2. The molecule has 110 valence electrons. The highest BCUT2D eigenvalue weighted by molar-refractivity contribution is 5.80.